The molecule has 0 aliphatic rings. The molecule has 2 N–H and O–H groups in total. The molecule has 0 unspecified atom stereocenters. The Hall–Kier alpha value is -3.41. The molecule has 144 valence electrons. The minimum Gasteiger partial charge on any atom is -0.462 e. The highest BCUT2D eigenvalue weighted by atomic mass is 16.5. The van der Waals surface area contributed by atoms with Gasteiger partial charge in [-0.15, -0.1) is 0 Å². The van der Waals surface area contributed by atoms with Crippen LogP contribution < -0.4 is 10.6 Å². The van der Waals surface area contributed by atoms with Crippen molar-refractivity contribution in [3.05, 3.63) is 77.0 Å². The number of aromatic nitrogens is 2. The van der Waals surface area contributed by atoms with Gasteiger partial charge in [0, 0.05) is 18.3 Å². The molecule has 0 atom stereocenters. The molecule has 0 aliphatic carbocycles. The van der Waals surface area contributed by atoms with Gasteiger partial charge in [-0.1, -0.05) is 42.0 Å². The van der Waals surface area contributed by atoms with Gasteiger partial charge in [-0.2, -0.15) is 4.98 Å². The molecule has 0 amide bonds. The Morgan fingerprint density at radius 1 is 1.04 bits per heavy atom. The fraction of sp³-hybridized carbons (Fsp3) is 0.227. The number of carbonyl (C=O) groups excluding carboxylic acids is 1. The maximum absolute atomic E-state index is 12.2. The zero-order valence-electron chi connectivity index (χ0n) is 16.3. The molecule has 2 aromatic carbocycles. The summed E-state index contributed by atoms with van der Waals surface area (Å²) >= 11 is 0. The van der Waals surface area contributed by atoms with E-state index in [4.69, 9.17) is 4.74 Å². The van der Waals surface area contributed by atoms with E-state index in [0.29, 0.717) is 36.2 Å². The van der Waals surface area contributed by atoms with Gasteiger partial charge in [0.2, 0.25) is 5.95 Å². The molecule has 1 aromatic heterocycles. The smallest absolute Gasteiger partial charge is 0.340 e. The molecule has 0 saturated heterocycles. The van der Waals surface area contributed by atoms with E-state index in [1.807, 2.05) is 25.1 Å². The lowest BCUT2D eigenvalue weighted by Gasteiger charge is -2.12. The molecule has 6 nitrogen and oxygen atoms in total. The Bertz CT molecular complexity index is 972. The third-order valence-corrected chi connectivity index (χ3v) is 4.08. The molecule has 3 rings (SSSR count). The topological polar surface area (TPSA) is 76.1 Å². The highest BCUT2D eigenvalue weighted by Gasteiger charge is 2.13. The molecule has 0 aliphatic heterocycles. The molecule has 0 radical (unpaired) electrons. The van der Waals surface area contributed by atoms with Gasteiger partial charge in [-0.25, -0.2) is 9.78 Å². The summed E-state index contributed by atoms with van der Waals surface area (Å²) in [4.78, 5) is 21.1. The first kappa shape index (κ1) is 19.4. The molecule has 0 saturated carbocycles. The van der Waals surface area contributed by atoms with Crippen molar-refractivity contribution in [1.82, 2.24) is 9.97 Å². The quantitative estimate of drug-likeness (QED) is 0.586. The number of rotatable bonds is 7. The predicted molar refractivity (Wildman–Crippen MR) is 111 cm³/mol. The summed E-state index contributed by atoms with van der Waals surface area (Å²) in [5.41, 5.74) is 4.27. The van der Waals surface area contributed by atoms with Crippen LogP contribution >= 0.6 is 0 Å². The zero-order chi connectivity index (χ0) is 19.9. The lowest BCUT2D eigenvalue weighted by molar-refractivity contribution is 0.0527. The number of nitrogens with zero attached hydrogens (tertiary/aromatic N) is 2. The second-order valence-electron chi connectivity index (χ2n) is 6.45. The fourth-order valence-corrected chi connectivity index (χ4v) is 2.83. The second kappa shape index (κ2) is 8.99. The molecule has 0 bridgehead atoms. The number of nitrogens with one attached hydrogen (secondary N) is 2. The summed E-state index contributed by atoms with van der Waals surface area (Å²) in [5.74, 6) is 0.754. The van der Waals surface area contributed by atoms with Gasteiger partial charge < -0.3 is 15.4 Å². The van der Waals surface area contributed by atoms with Crippen LogP contribution in [0, 0.1) is 13.8 Å². The van der Waals surface area contributed by atoms with Crippen LogP contribution in [0.5, 0.6) is 0 Å². The molecule has 1 heterocycles. The largest absolute Gasteiger partial charge is 0.462 e. The number of carbonyl (C=O) groups is 1. The Morgan fingerprint density at radius 2 is 1.86 bits per heavy atom. The van der Waals surface area contributed by atoms with Crippen molar-refractivity contribution in [3.63, 3.8) is 0 Å². The molecule has 0 fully saturated rings. The van der Waals surface area contributed by atoms with Gasteiger partial charge in [0.1, 0.15) is 5.82 Å². The highest BCUT2D eigenvalue weighted by Crippen LogP contribution is 2.21. The van der Waals surface area contributed by atoms with E-state index in [0.717, 1.165) is 5.69 Å². The van der Waals surface area contributed by atoms with Crippen LogP contribution in [0.3, 0.4) is 0 Å². The van der Waals surface area contributed by atoms with E-state index in [9.17, 15) is 4.79 Å². The van der Waals surface area contributed by atoms with Crippen molar-refractivity contribution in [3.8, 4) is 0 Å². The number of para-hydroxylation sites is 1. The number of benzene rings is 2. The Kier molecular flexibility index (Phi) is 6.22. The first-order valence-electron chi connectivity index (χ1n) is 9.23. The van der Waals surface area contributed by atoms with E-state index >= 15 is 0 Å². The van der Waals surface area contributed by atoms with E-state index in [2.05, 4.69) is 45.7 Å². The normalized spacial score (nSPS) is 10.4. The molecular weight excluding hydrogens is 352 g/mol. The van der Waals surface area contributed by atoms with Crippen LogP contribution in [0.2, 0.25) is 0 Å². The molecule has 3 aromatic rings. The minimum absolute atomic E-state index is 0.321. The Balaban J connectivity index is 1.78. The Morgan fingerprint density at radius 3 is 2.64 bits per heavy atom. The van der Waals surface area contributed by atoms with E-state index in [1.54, 1.807) is 25.1 Å². The molecule has 0 spiro atoms. The SMILES string of the molecule is CCOC(=O)c1ccccc1Nc1nc(C)cc(NCc2cccc(C)c2)n1. The highest BCUT2D eigenvalue weighted by molar-refractivity contribution is 5.96. The maximum Gasteiger partial charge on any atom is 0.340 e. The molecule has 28 heavy (non-hydrogen) atoms. The average Bonchev–Trinajstić information content (AvgIpc) is 2.67. The number of hydrogen-bond donors (Lipinski definition) is 2. The van der Waals surface area contributed by atoms with Gasteiger partial charge in [0.05, 0.1) is 17.9 Å². The maximum atomic E-state index is 12.2. The van der Waals surface area contributed by atoms with Gasteiger partial charge in [-0.3, -0.25) is 0 Å². The van der Waals surface area contributed by atoms with Crippen molar-refractivity contribution < 1.29 is 9.53 Å². The summed E-state index contributed by atoms with van der Waals surface area (Å²) in [6, 6.07) is 17.4. The second-order valence-corrected chi connectivity index (χ2v) is 6.45. The van der Waals surface area contributed by atoms with Crippen LogP contribution in [-0.4, -0.2) is 22.5 Å². The standard InChI is InChI=1S/C22H24N4O2/c1-4-28-21(27)18-10-5-6-11-19(18)25-22-24-16(3)13-20(26-22)23-14-17-9-7-8-15(2)12-17/h5-13H,4,14H2,1-3H3,(H2,23,24,25,26). The van der Waals surface area contributed by atoms with Gasteiger partial charge in [0.25, 0.3) is 0 Å². The first-order valence-corrected chi connectivity index (χ1v) is 9.23. The third-order valence-electron chi connectivity index (χ3n) is 4.08. The minimum atomic E-state index is -0.379. The van der Waals surface area contributed by atoms with Crippen molar-refractivity contribution in [2.45, 2.75) is 27.3 Å². The van der Waals surface area contributed by atoms with Crippen molar-refractivity contribution in [2.75, 3.05) is 17.2 Å². The molecule has 6 heteroatoms. The van der Waals surface area contributed by atoms with Crippen LogP contribution in [0.1, 0.15) is 34.1 Å². The van der Waals surface area contributed by atoms with E-state index < -0.39 is 0 Å². The summed E-state index contributed by atoms with van der Waals surface area (Å²) in [7, 11) is 0. The van der Waals surface area contributed by atoms with Crippen LogP contribution in [-0.2, 0) is 11.3 Å². The zero-order valence-corrected chi connectivity index (χ0v) is 16.3. The summed E-state index contributed by atoms with van der Waals surface area (Å²) < 4.78 is 5.12. The van der Waals surface area contributed by atoms with Gasteiger partial charge in [-0.05, 0) is 38.5 Å². The number of hydrogen-bond acceptors (Lipinski definition) is 6. The van der Waals surface area contributed by atoms with E-state index in [1.165, 1.54) is 11.1 Å². The van der Waals surface area contributed by atoms with Crippen LogP contribution in [0.4, 0.5) is 17.5 Å². The first-order chi connectivity index (χ1) is 13.5. The number of anilines is 3. The third kappa shape index (κ3) is 5.07. The van der Waals surface area contributed by atoms with Crippen molar-refractivity contribution in [2.24, 2.45) is 0 Å². The summed E-state index contributed by atoms with van der Waals surface area (Å²) in [6.07, 6.45) is 0. The van der Waals surface area contributed by atoms with Crippen LogP contribution in [0.25, 0.3) is 0 Å². The van der Waals surface area contributed by atoms with Gasteiger partial charge in [0.15, 0.2) is 0 Å². The molecular formula is C22H24N4O2. The monoisotopic (exact) mass is 376 g/mol. The van der Waals surface area contributed by atoms with Gasteiger partial charge >= 0.3 is 5.97 Å². The van der Waals surface area contributed by atoms with E-state index in [-0.39, 0.29) is 5.97 Å². The van der Waals surface area contributed by atoms with Crippen molar-refractivity contribution in [1.29, 1.82) is 0 Å². The number of aryl methyl sites for hydroxylation is 2. The fourth-order valence-electron chi connectivity index (χ4n) is 2.83. The summed E-state index contributed by atoms with van der Waals surface area (Å²) in [5, 5.41) is 6.47. The van der Waals surface area contributed by atoms with Crippen molar-refractivity contribution >= 4 is 23.4 Å². The van der Waals surface area contributed by atoms with Crippen LogP contribution in [0.15, 0.2) is 54.6 Å². The predicted octanol–water partition coefficient (Wildman–Crippen LogP) is 4.63. The number of ether oxygens (including phenoxy) is 1. The number of esters is 1. The average molecular weight is 376 g/mol. The summed E-state index contributed by atoms with van der Waals surface area (Å²) in [6.45, 7) is 6.74. The lowest BCUT2D eigenvalue weighted by Crippen LogP contribution is -2.10. The lowest BCUT2D eigenvalue weighted by atomic mass is 10.1. The Labute approximate surface area is 165 Å².